The molecule has 0 saturated carbocycles. The molecule has 1 aliphatic rings. The zero-order valence-corrected chi connectivity index (χ0v) is 11.3. The van der Waals surface area contributed by atoms with E-state index in [-0.39, 0.29) is 0 Å². The Labute approximate surface area is 109 Å². The van der Waals surface area contributed by atoms with Crippen molar-refractivity contribution in [3.05, 3.63) is 23.8 Å². The van der Waals surface area contributed by atoms with Crippen molar-refractivity contribution >= 4 is 5.69 Å². The van der Waals surface area contributed by atoms with Crippen LogP contribution >= 0.6 is 0 Å². The highest BCUT2D eigenvalue weighted by molar-refractivity contribution is 5.58. The van der Waals surface area contributed by atoms with Crippen LogP contribution in [0.5, 0.6) is 5.75 Å². The van der Waals surface area contributed by atoms with Crippen LogP contribution in [0.3, 0.4) is 0 Å². The third kappa shape index (κ3) is 3.37. The van der Waals surface area contributed by atoms with Gasteiger partial charge >= 0.3 is 0 Å². The molecule has 1 aliphatic heterocycles. The summed E-state index contributed by atoms with van der Waals surface area (Å²) in [6, 6.07) is 6.34. The van der Waals surface area contributed by atoms with Gasteiger partial charge in [-0.15, -0.1) is 0 Å². The normalized spacial score (nSPS) is 16.6. The number of anilines is 1. The molecule has 0 atom stereocenters. The van der Waals surface area contributed by atoms with Crippen molar-refractivity contribution in [2.45, 2.75) is 13.3 Å². The number of hydrogen-bond donors (Lipinski definition) is 2. The third-order valence-corrected chi connectivity index (χ3v) is 3.37. The van der Waals surface area contributed by atoms with Gasteiger partial charge < -0.3 is 15.4 Å². The van der Waals surface area contributed by atoms with Gasteiger partial charge in [-0.2, -0.15) is 0 Å². The second kappa shape index (κ2) is 6.61. The number of methoxy groups -OCH3 is 1. The van der Waals surface area contributed by atoms with Crippen molar-refractivity contribution in [1.82, 2.24) is 10.2 Å². The number of aryl methyl sites for hydroxylation is 1. The monoisotopic (exact) mass is 249 g/mol. The molecule has 100 valence electrons. The summed E-state index contributed by atoms with van der Waals surface area (Å²) in [4.78, 5) is 2.41. The smallest absolute Gasteiger partial charge is 0.142 e. The summed E-state index contributed by atoms with van der Waals surface area (Å²) in [6.45, 7) is 7.40. The number of nitrogens with one attached hydrogen (secondary N) is 2. The molecule has 0 spiro atoms. The summed E-state index contributed by atoms with van der Waals surface area (Å²) < 4.78 is 5.39. The van der Waals surface area contributed by atoms with Crippen molar-refractivity contribution < 1.29 is 4.74 Å². The van der Waals surface area contributed by atoms with Gasteiger partial charge in [-0.25, -0.2) is 0 Å². The first kappa shape index (κ1) is 13.2. The van der Waals surface area contributed by atoms with Gasteiger partial charge in [0, 0.05) is 26.2 Å². The fourth-order valence-corrected chi connectivity index (χ4v) is 2.18. The van der Waals surface area contributed by atoms with Crippen LogP contribution in [0.1, 0.15) is 12.5 Å². The molecule has 1 saturated heterocycles. The zero-order chi connectivity index (χ0) is 12.8. The first-order chi connectivity index (χ1) is 8.83. The maximum Gasteiger partial charge on any atom is 0.142 e. The molecule has 1 fully saturated rings. The fourth-order valence-electron chi connectivity index (χ4n) is 2.18. The molecule has 4 heteroatoms. The van der Waals surface area contributed by atoms with Gasteiger partial charge in [0.15, 0.2) is 0 Å². The van der Waals surface area contributed by atoms with E-state index in [4.69, 9.17) is 4.74 Å². The second-order valence-corrected chi connectivity index (χ2v) is 4.59. The molecule has 4 nitrogen and oxygen atoms in total. The molecule has 2 N–H and O–H groups in total. The van der Waals surface area contributed by atoms with E-state index in [1.54, 1.807) is 7.11 Å². The first-order valence-corrected chi connectivity index (χ1v) is 6.67. The van der Waals surface area contributed by atoms with Crippen LogP contribution in [0, 0.1) is 0 Å². The van der Waals surface area contributed by atoms with Gasteiger partial charge in [0.05, 0.1) is 19.5 Å². The fraction of sp³-hybridized carbons (Fsp3) is 0.571. The second-order valence-electron chi connectivity index (χ2n) is 4.59. The largest absolute Gasteiger partial charge is 0.495 e. The van der Waals surface area contributed by atoms with E-state index in [2.05, 4.69) is 34.6 Å². The Balaban J connectivity index is 1.97. The minimum absolute atomic E-state index is 0.880. The predicted molar refractivity (Wildman–Crippen MR) is 75.3 cm³/mol. The lowest BCUT2D eigenvalue weighted by Crippen LogP contribution is -2.45. The maximum absolute atomic E-state index is 5.39. The molecule has 2 rings (SSSR count). The topological polar surface area (TPSA) is 36.5 Å². The van der Waals surface area contributed by atoms with Crippen LogP contribution in [-0.2, 0) is 6.42 Å². The van der Waals surface area contributed by atoms with E-state index in [0.717, 1.165) is 50.7 Å². The van der Waals surface area contributed by atoms with E-state index in [1.165, 1.54) is 5.56 Å². The molecule has 1 aromatic rings. The van der Waals surface area contributed by atoms with Crippen LogP contribution in [0.2, 0.25) is 0 Å². The summed E-state index contributed by atoms with van der Waals surface area (Å²) in [5, 5.41) is 6.84. The minimum atomic E-state index is 0.880. The molecule has 0 unspecified atom stereocenters. The molecule has 1 aromatic carbocycles. The Morgan fingerprint density at radius 2 is 2.11 bits per heavy atom. The van der Waals surface area contributed by atoms with E-state index in [0.29, 0.717) is 0 Å². The van der Waals surface area contributed by atoms with Gasteiger partial charge in [0.25, 0.3) is 0 Å². The van der Waals surface area contributed by atoms with Crippen LogP contribution in [0.4, 0.5) is 5.69 Å². The van der Waals surface area contributed by atoms with E-state index in [9.17, 15) is 0 Å². The number of ether oxygens (including phenoxy) is 1. The van der Waals surface area contributed by atoms with Crippen molar-refractivity contribution in [2.75, 3.05) is 45.3 Å². The lowest BCUT2D eigenvalue weighted by atomic mass is 10.1. The van der Waals surface area contributed by atoms with Gasteiger partial charge in [0.2, 0.25) is 0 Å². The number of nitrogens with zero attached hydrogens (tertiary/aromatic N) is 1. The zero-order valence-electron chi connectivity index (χ0n) is 11.3. The number of benzene rings is 1. The van der Waals surface area contributed by atoms with E-state index < -0.39 is 0 Å². The number of hydrogen-bond acceptors (Lipinski definition) is 4. The summed E-state index contributed by atoms with van der Waals surface area (Å²) in [6.07, 6.45) is 1.05. The molecular formula is C14H23N3O. The quantitative estimate of drug-likeness (QED) is 0.830. The van der Waals surface area contributed by atoms with Crippen LogP contribution < -0.4 is 15.4 Å². The highest BCUT2D eigenvalue weighted by atomic mass is 16.5. The van der Waals surface area contributed by atoms with Crippen LogP contribution in [0.15, 0.2) is 18.2 Å². The molecule has 0 bridgehead atoms. The lowest BCUT2D eigenvalue weighted by molar-refractivity contribution is 0.256. The molecule has 0 aliphatic carbocycles. The highest BCUT2D eigenvalue weighted by Crippen LogP contribution is 2.25. The highest BCUT2D eigenvalue weighted by Gasteiger charge is 2.10. The summed E-state index contributed by atoms with van der Waals surface area (Å²) in [5.41, 5.74) is 2.42. The predicted octanol–water partition coefficient (Wildman–Crippen LogP) is 1.53. The van der Waals surface area contributed by atoms with Crippen LogP contribution in [0.25, 0.3) is 0 Å². The lowest BCUT2D eigenvalue weighted by Gasteiger charge is -2.28. The Hall–Kier alpha value is -1.26. The van der Waals surface area contributed by atoms with Crippen molar-refractivity contribution in [2.24, 2.45) is 0 Å². The number of piperazine rings is 1. The van der Waals surface area contributed by atoms with Gasteiger partial charge in [-0.3, -0.25) is 4.90 Å². The Morgan fingerprint density at radius 3 is 2.78 bits per heavy atom. The Kier molecular flexibility index (Phi) is 4.84. The SMILES string of the molecule is CCc1ccc(OC)c(NCN2CCNCC2)c1. The summed E-state index contributed by atoms with van der Waals surface area (Å²) in [7, 11) is 1.72. The average molecular weight is 249 g/mol. The van der Waals surface area contributed by atoms with Crippen molar-refractivity contribution in [1.29, 1.82) is 0 Å². The Morgan fingerprint density at radius 1 is 1.33 bits per heavy atom. The van der Waals surface area contributed by atoms with E-state index >= 15 is 0 Å². The number of rotatable bonds is 5. The molecular weight excluding hydrogens is 226 g/mol. The molecule has 18 heavy (non-hydrogen) atoms. The van der Waals surface area contributed by atoms with Crippen molar-refractivity contribution in [3.63, 3.8) is 0 Å². The maximum atomic E-state index is 5.39. The van der Waals surface area contributed by atoms with E-state index in [1.807, 2.05) is 6.07 Å². The minimum Gasteiger partial charge on any atom is -0.495 e. The Bertz CT molecular complexity index is 375. The molecule has 1 heterocycles. The summed E-state index contributed by atoms with van der Waals surface area (Å²) in [5.74, 6) is 0.919. The first-order valence-electron chi connectivity index (χ1n) is 6.67. The van der Waals surface area contributed by atoms with Gasteiger partial charge in [-0.05, 0) is 24.1 Å². The van der Waals surface area contributed by atoms with Crippen LogP contribution in [-0.4, -0.2) is 44.9 Å². The van der Waals surface area contributed by atoms with Gasteiger partial charge in [0.1, 0.15) is 5.75 Å². The van der Waals surface area contributed by atoms with Crippen molar-refractivity contribution in [3.8, 4) is 5.75 Å². The summed E-state index contributed by atoms with van der Waals surface area (Å²) >= 11 is 0. The molecule has 0 aromatic heterocycles. The van der Waals surface area contributed by atoms with Gasteiger partial charge in [-0.1, -0.05) is 13.0 Å². The average Bonchev–Trinajstić information content (AvgIpc) is 2.45. The third-order valence-electron chi connectivity index (χ3n) is 3.37. The standard InChI is InChI=1S/C14H23N3O/c1-3-12-4-5-14(18-2)13(10-12)16-11-17-8-6-15-7-9-17/h4-5,10,15-16H,3,6-9,11H2,1-2H3. The molecule has 0 radical (unpaired) electrons. The molecule has 0 amide bonds.